The molecular weight excluding hydrogens is 324 g/mol. The number of hydrogen-bond donors (Lipinski definition) is 3. The molecule has 0 aliphatic rings. The summed E-state index contributed by atoms with van der Waals surface area (Å²) in [5, 5.41) is 8.72. The number of hydrogen-bond acceptors (Lipinski definition) is 4. The maximum atomic E-state index is 11.3. The van der Waals surface area contributed by atoms with Crippen molar-refractivity contribution in [3.05, 3.63) is 27.2 Å². The zero-order valence-electron chi connectivity index (χ0n) is 7.57. The zero-order chi connectivity index (χ0) is 12.5. The van der Waals surface area contributed by atoms with Crippen LogP contribution in [-0.4, -0.2) is 19.5 Å². The average Bonchev–Trinajstić information content (AvgIpc) is 2.21. The summed E-state index contributed by atoms with van der Waals surface area (Å²) in [4.78, 5) is 12.1. The highest BCUT2D eigenvalue weighted by Gasteiger charge is 2.19. The van der Waals surface area contributed by atoms with Crippen LogP contribution in [0, 0.1) is 0 Å². The number of carboxylic acids is 1. The Morgan fingerprint density at radius 3 is 2.50 bits per heavy atom. The minimum atomic E-state index is -3.92. The number of carbonyl (C=O) groups is 1. The highest BCUT2D eigenvalue weighted by atomic mass is 79.9. The number of hydrazine groups is 1. The van der Waals surface area contributed by atoms with Gasteiger partial charge >= 0.3 is 5.97 Å². The van der Waals surface area contributed by atoms with Gasteiger partial charge in [0.2, 0.25) is 0 Å². The summed E-state index contributed by atoms with van der Waals surface area (Å²) in [6.45, 7) is 0. The van der Waals surface area contributed by atoms with Gasteiger partial charge in [-0.1, -0.05) is 11.6 Å². The number of sulfonamides is 1. The number of rotatable bonds is 3. The molecule has 0 radical (unpaired) electrons. The maximum absolute atomic E-state index is 11.3. The van der Waals surface area contributed by atoms with E-state index in [1.807, 2.05) is 0 Å². The third-order valence-corrected chi connectivity index (χ3v) is 4.13. The van der Waals surface area contributed by atoms with E-state index < -0.39 is 16.0 Å². The molecule has 88 valence electrons. The molecule has 0 aliphatic heterocycles. The highest BCUT2D eigenvalue weighted by Crippen LogP contribution is 2.29. The fourth-order valence-corrected chi connectivity index (χ4v) is 2.43. The SMILES string of the molecule is NNS(=O)(=O)c1cc(Br)c(Cl)c(C(=O)O)c1. The maximum Gasteiger partial charge on any atom is 0.337 e. The standard InChI is InChI=1S/C7H6BrClN2O4S/c8-5-2-3(16(14,15)11-10)1-4(6(5)9)7(12)13/h1-2,11H,10H2,(H,12,13). The Bertz CT molecular complexity index is 546. The lowest BCUT2D eigenvalue weighted by Crippen LogP contribution is -2.30. The summed E-state index contributed by atoms with van der Waals surface area (Å²) in [5.41, 5.74) is -0.329. The van der Waals surface area contributed by atoms with Gasteiger partial charge in [0, 0.05) is 4.47 Å². The second-order valence-corrected chi connectivity index (χ2v) is 5.64. The highest BCUT2D eigenvalue weighted by molar-refractivity contribution is 9.10. The molecule has 1 rings (SSSR count). The van der Waals surface area contributed by atoms with Crippen molar-refractivity contribution >= 4 is 43.5 Å². The van der Waals surface area contributed by atoms with Crippen LogP contribution >= 0.6 is 27.5 Å². The molecule has 0 saturated carbocycles. The summed E-state index contributed by atoms with van der Waals surface area (Å²) in [6, 6.07) is 2.08. The normalized spacial score (nSPS) is 11.4. The van der Waals surface area contributed by atoms with Gasteiger partial charge in [0.1, 0.15) is 0 Å². The molecule has 0 unspecified atom stereocenters. The second kappa shape index (κ2) is 4.68. The van der Waals surface area contributed by atoms with E-state index in [-0.39, 0.29) is 20.0 Å². The van der Waals surface area contributed by atoms with E-state index in [1.54, 1.807) is 4.83 Å². The van der Waals surface area contributed by atoms with Crippen LogP contribution < -0.4 is 10.7 Å². The van der Waals surface area contributed by atoms with E-state index in [2.05, 4.69) is 15.9 Å². The Morgan fingerprint density at radius 1 is 1.50 bits per heavy atom. The lowest BCUT2D eigenvalue weighted by Gasteiger charge is -2.06. The van der Waals surface area contributed by atoms with Crippen molar-refractivity contribution in [3.63, 3.8) is 0 Å². The number of benzene rings is 1. The molecule has 4 N–H and O–H groups in total. The quantitative estimate of drug-likeness (QED) is 0.565. The van der Waals surface area contributed by atoms with Crippen LogP contribution in [0.25, 0.3) is 0 Å². The largest absolute Gasteiger partial charge is 0.478 e. The first-order valence-electron chi connectivity index (χ1n) is 3.74. The van der Waals surface area contributed by atoms with Crippen molar-refractivity contribution in [2.24, 2.45) is 5.84 Å². The molecule has 0 aliphatic carbocycles. The Hall–Kier alpha value is -0.670. The van der Waals surface area contributed by atoms with Gasteiger partial charge in [0.15, 0.2) is 0 Å². The van der Waals surface area contributed by atoms with E-state index in [1.165, 1.54) is 0 Å². The third kappa shape index (κ3) is 2.53. The third-order valence-electron chi connectivity index (χ3n) is 1.70. The molecule has 9 heteroatoms. The Morgan fingerprint density at radius 2 is 2.06 bits per heavy atom. The van der Waals surface area contributed by atoms with Gasteiger partial charge in [0.25, 0.3) is 10.0 Å². The van der Waals surface area contributed by atoms with Gasteiger partial charge in [-0.2, -0.15) is 4.83 Å². The van der Waals surface area contributed by atoms with E-state index in [9.17, 15) is 13.2 Å². The lowest BCUT2D eigenvalue weighted by molar-refractivity contribution is 0.0696. The van der Waals surface area contributed by atoms with Crippen LogP contribution in [0.3, 0.4) is 0 Å². The first kappa shape index (κ1) is 13.4. The molecule has 0 amide bonds. The van der Waals surface area contributed by atoms with Crippen molar-refractivity contribution in [1.29, 1.82) is 0 Å². The van der Waals surface area contributed by atoms with Crippen LogP contribution in [0.1, 0.15) is 10.4 Å². The molecule has 1 aromatic carbocycles. The topological polar surface area (TPSA) is 109 Å². The molecule has 0 saturated heterocycles. The molecule has 1 aromatic rings. The fourth-order valence-electron chi connectivity index (χ4n) is 0.943. The van der Waals surface area contributed by atoms with Gasteiger partial charge in [-0.25, -0.2) is 13.2 Å². The summed E-state index contributed by atoms with van der Waals surface area (Å²) >= 11 is 8.64. The van der Waals surface area contributed by atoms with Crippen LogP contribution in [0.15, 0.2) is 21.5 Å². The Labute approximate surface area is 105 Å². The zero-order valence-corrected chi connectivity index (χ0v) is 10.7. The number of carboxylic acid groups (broad SMARTS) is 1. The van der Waals surface area contributed by atoms with Crippen LogP contribution in [-0.2, 0) is 10.0 Å². The van der Waals surface area contributed by atoms with Gasteiger partial charge in [-0.15, -0.1) is 0 Å². The van der Waals surface area contributed by atoms with Crippen molar-refractivity contribution in [3.8, 4) is 0 Å². The summed E-state index contributed by atoms with van der Waals surface area (Å²) in [6.07, 6.45) is 0. The van der Waals surface area contributed by atoms with Gasteiger partial charge in [0.05, 0.1) is 15.5 Å². The van der Waals surface area contributed by atoms with Gasteiger partial charge in [-0.3, -0.25) is 5.84 Å². The second-order valence-electron chi connectivity index (χ2n) is 2.69. The van der Waals surface area contributed by atoms with E-state index >= 15 is 0 Å². The minimum Gasteiger partial charge on any atom is -0.478 e. The number of aromatic carboxylic acids is 1. The first-order valence-corrected chi connectivity index (χ1v) is 6.39. The van der Waals surface area contributed by atoms with Crippen molar-refractivity contribution < 1.29 is 18.3 Å². The predicted molar refractivity (Wildman–Crippen MR) is 60.6 cm³/mol. The molecular formula is C7H6BrClN2O4S. The van der Waals surface area contributed by atoms with E-state index in [0.717, 1.165) is 12.1 Å². The summed E-state index contributed by atoms with van der Waals surface area (Å²) < 4.78 is 22.8. The molecule has 0 fully saturated rings. The Balaban J connectivity index is 3.53. The molecule has 0 aromatic heterocycles. The molecule has 0 bridgehead atoms. The molecule has 0 atom stereocenters. The van der Waals surface area contributed by atoms with Crippen molar-refractivity contribution in [2.75, 3.05) is 0 Å². The molecule has 16 heavy (non-hydrogen) atoms. The number of nitrogens with one attached hydrogen (secondary N) is 1. The van der Waals surface area contributed by atoms with E-state index in [4.69, 9.17) is 22.6 Å². The Kier molecular flexibility index (Phi) is 3.92. The molecule has 6 nitrogen and oxygen atoms in total. The summed E-state index contributed by atoms with van der Waals surface area (Å²) in [7, 11) is -3.92. The van der Waals surface area contributed by atoms with Crippen LogP contribution in [0.5, 0.6) is 0 Å². The number of nitrogens with two attached hydrogens (primary N) is 1. The van der Waals surface area contributed by atoms with E-state index in [0.29, 0.717) is 0 Å². The van der Waals surface area contributed by atoms with Gasteiger partial charge in [-0.05, 0) is 28.1 Å². The smallest absolute Gasteiger partial charge is 0.337 e. The van der Waals surface area contributed by atoms with Crippen molar-refractivity contribution in [2.45, 2.75) is 4.90 Å². The fraction of sp³-hybridized carbons (Fsp3) is 0. The van der Waals surface area contributed by atoms with Gasteiger partial charge < -0.3 is 5.11 Å². The van der Waals surface area contributed by atoms with Crippen molar-refractivity contribution in [1.82, 2.24) is 4.83 Å². The van der Waals surface area contributed by atoms with Crippen LogP contribution in [0.4, 0.5) is 0 Å². The lowest BCUT2D eigenvalue weighted by atomic mass is 10.2. The predicted octanol–water partition coefficient (Wildman–Crippen LogP) is 0.953. The molecule has 0 spiro atoms. The summed E-state index contributed by atoms with van der Waals surface area (Å²) in [5.74, 6) is 3.49. The monoisotopic (exact) mass is 328 g/mol. The average molecular weight is 330 g/mol. The first-order chi connectivity index (χ1) is 7.29. The van der Waals surface area contributed by atoms with Crippen LogP contribution in [0.2, 0.25) is 5.02 Å². The molecule has 0 heterocycles. The number of halogens is 2. The minimum absolute atomic E-state index is 0.0801.